The molecule has 0 radical (unpaired) electrons. The van der Waals surface area contributed by atoms with E-state index < -0.39 is 0 Å². The lowest BCUT2D eigenvalue weighted by Crippen LogP contribution is -2.38. The summed E-state index contributed by atoms with van der Waals surface area (Å²) in [4.78, 5) is 14.5. The normalized spacial score (nSPS) is 22.3. The van der Waals surface area contributed by atoms with E-state index in [2.05, 4.69) is 57.9 Å². The van der Waals surface area contributed by atoms with Gasteiger partial charge in [-0.25, -0.2) is 0 Å². The Morgan fingerprint density at radius 2 is 1.33 bits per heavy atom. The molecule has 0 amide bonds. The first-order valence-corrected chi connectivity index (χ1v) is 9.31. The van der Waals surface area contributed by atoms with Crippen molar-refractivity contribution in [2.45, 2.75) is 19.4 Å². The van der Waals surface area contributed by atoms with Gasteiger partial charge in [-0.2, -0.15) is 0 Å². The fourth-order valence-corrected chi connectivity index (χ4v) is 3.15. The minimum absolute atomic E-state index is 0.959. The SMILES string of the molecule is CN1CCCN(C)CCN(Cc2ccccn2)CCCN(C)CC1. The van der Waals surface area contributed by atoms with Gasteiger partial charge in [0.2, 0.25) is 0 Å². The molecule has 1 fully saturated rings. The number of aromatic nitrogens is 1. The zero-order valence-corrected chi connectivity index (χ0v) is 15.8. The zero-order chi connectivity index (χ0) is 17.2. The lowest BCUT2D eigenvalue weighted by Gasteiger charge is -2.28. The van der Waals surface area contributed by atoms with Crippen LogP contribution in [0.15, 0.2) is 24.4 Å². The third-order valence-corrected chi connectivity index (χ3v) is 4.87. The highest BCUT2D eigenvalue weighted by atomic mass is 15.2. The first kappa shape index (κ1) is 19.3. The van der Waals surface area contributed by atoms with Crippen molar-refractivity contribution in [2.75, 3.05) is 73.5 Å². The van der Waals surface area contributed by atoms with E-state index in [4.69, 9.17) is 0 Å². The molecule has 1 saturated heterocycles. The van der Waals surface area contributed by atoms with Gasteiger partial charge in [0.15, 0.2) is 0 Å². The standard InChI is InChI=1S/C19H35N5/c1-21-10-6-11-23(3)16-17-24(13-7-12-22(2)15-14-21)18-19-8-4-5-9-20-19/h4-5,8-9H,6-7,10-18H2,1-3H3. The number of pyridine rings is 1. The van der Waals surface area contributed by atoms with Gasteiger partial charge in [-0.05, 0) is 72.3 Å². The minimum Gasteiger partial charge on any atom is -0.305 e. The molecule has 0 spiro atoms. The Labute approximate surface area is 148 Å². The molecule has 5 heteroatoms. The molecule has 2 rings (SSSR count). The minimum atomic E-state index is 0.959. The van der Waals surface area contributed by atoms with Crippen LogP contribution in [-0.2, 0) is 6.54 Å². The molecule has 24 heavy (non-hydrogen) atoms. The van der Waals surface area contributed by atoms with Crippen molar-refractivity contribution in [1.29, 1.82) is 0 Å². The zero-order valence-electron chi connectivity index (χ0n) is 15.8. The molecule has 0 aliphatic carbocycles. The van der Waals surface area contributed by atoms with Crippen LogP contribution in [0, 0.1) is 0 Å². The van der Waals surface area contributed by atoms with Crippen molar-refractivity contribution in [3.63, 3.8) is 0 Å². The summed E-state index contributed by atoms with van der Waals surface area (Å²) in [5.74, 6) is 0. The second kappa shape index (κ2) is 10.8. The number of likely N-dealkylation sites (N-methyl/N-ethyl adjacent to an activating group) is 3. The molecule has 5 nitrogen and oxygen atoms in total. The molecule has 1 aliphatic heterocycles. The maximum absolute atomic E-state index is 4.50. The second-order valence-corrected chi connectivity index (χ2v) is 7.21. The molecule has 2 heterocycles. The van der Waals surface area contributed by atoms with Crippen LogP contribution < -0.4 is 0 Å². The van der Waals surface area contributed by atoms with Gasteiger partial charge in [0.05, 0.1) is 5.69 Å². The summed E-state index contributed by atoms with van der Waals surface area (Å²) < 4.78 is 0. The Morgan fingerprint density at radius 3 is 1.92 bits per heavy atom. The summed E-state index contributed by atoms with van der Waals surface area (Å²) in [6.45, 7) is 10.2. The molecule has 0 N–H and O–H groups in total. The molecule has 0 unspecified atom stereocenters. The van der Waals surface area contributed by atoms with Crippen LogP contribution in [-0.4, -0.2) is 98.1 Å². The molecular formula is C19H35N5. The molecule has 1 aromatic rings. The third kappa shape index (κ3) is 7.71. The highest BCUT2D eigenvalue weighted by Gasteiger charge is 2.11. The van der Waals surface area contributed by atoms with Crippen molar-refractivity contribution in [2.24, 2.45) is 0 Å². The molecule has 1 aromatic heterocycles. The summed E-state index contributed by atoms with van der Waals surface area (Å²) in [5.41, 5.74) is 1.18. The summed E-state index contributed by atoms with van der Waals surface area (Å²) >= 11 is 0. The predicted octanol–water partition coefficient (Wildman–Crippen LogP) is 1.47. The van der Waals surface area contributed by atoms with Crippen molar-refractivity contribution >= 4 is 0 Å². The van der Waals surface area contributed by atoms with Crippen LogP contribution in [0.2, 0.25) is 0 Å². The lowest BCUT2D eigenvalue weighted by atomic mass is 10.2. The van der Waals surface area contributed by atoms with E-state index in [0.29, 0.717) is 0 Å². The summed E-state index contributed by atoms with van der Waals surface area (Å²) in [7, 11) is 6.74. The summed E-state index contributed by atoms with van der Waals surface area (Å²) in [6.07, 6.45) is 4.36. The van der Waals surface area contributed by atoms with Crippen molar-refractivity contribution < 1.29 is 0 Å². The molecular weight excluding hydrogens is 298 g/mol. The van der Waals surface area contributed by atoms with Gasteiger partial charge in [-0.15, -0.1) is 0 Å². The van der Waals surface area contributed by atoms with E-state index in [9.17, 15) is 0 Å². The van der Waals surface area contributed by atoms with Gasteiger partial charge < -0.3 is 14.7 Å². The molecule has 0 bridgehead atoms. The quantitative estimate of drug-likeness (QED) is 0.817. The van der Waals surface area contributed by atoms with Gasteiger partial charge in [0.1, 0.15) is 0 Å². The second-order valence-electron chi connectivity index (χ2n) is 7.21. The topological polar surface area (TPSA) is 25.9 Å². The first-order valence-electron chi connectivity index (χ1n) is 9.31. The summed E-state index contributed by atoms with van der Waals surface area (Å²) in [6, 6.07) is 6.21. The Hall–Kier alpha value is -1.01. The Morgan fingerprint density at radius 1 is 0.750 bits per heavy atom. The van der Waals surface area contributed by atoms with Crippen LogP contribution in [0.5, 0.6) is 0 Å². The maximum atomic E-state index is 4.50. The molecule has 0 aromatic carbocycles. The average molecular weight is 334 g/mol. The lowest BCUT2D eigenvalue weighted by molar-refractivity contribution is 0.185. The van der Waals surface area contributed by atoms with Crippen LogP contribution >= 0.6 is 0 Å². The van der Waals surface area contributed by atoms with E-state index in [1.807, 2.05) is 12.3 Å². The van der Waals surface area contributed by atoms with E-state index in [1.165, 1.54) is 38.2 Å². The van der Waals surface area contributed by atoms with Gasteiger partial charge >= 0.3 is 0 Å². The monoisotopic (exact) mass is 333 g/mol. The van der Waals surface area contributed by atoms with Crippen LogP contribution in [0.3, 0.4) is 0 Å². The molecule has 0 saturated carbocycles. The van der Waals surface area contributed by atoms with Crippen LogP contribution in [0.4, 0.5) is 0 Å². The Bertz CT molecular complexity index is 439. The highest BCUT2D eigenvalue weighted by Crippen LogP contribution is 2.04. The van der Waals surface area contributed by atoms with Crippen molar-refractivity contribution in [1.82, 2.24) is 24.6 Å². The van der Waals surface area contributed by atoms with Gasteiger partial charge in [-0.1, -0.05) is 6.07 Å². The number of hydrogen-bond donors (Lipinski definition) is 0. The largest absolute Gasteiger partial charge is 0.305 e. The van der Waals surface area contributed by atoms with Gasteiger partial charge in [0.25, 0.3) is 0 Å². The van der Waals surface area contributed by atoms with Crippen molar-refractivity contribution in [3.05, 3.63) is 30.1 Å². The van der Waals surface area contributed by atoms with Gasteiger partial charge in [-0.3, -0.25) is 9.88 Å². The van der Waals surface area contributed by atoms with Crippen LogP contribution in [0.1, 0.15) is 18.5 Å². The average Bonchev–Trinajstić information content (AvgIpc) is 2.58. The van der Waals surface area contributed by atoms with Crippen LogP contribution in [0.25, 0.3) is 0 Å². The molecule has 136 valence electrons. The predicted molar refractivity (Wildman–Crippen MR) is 101 cm³/mol. The highest BCUT2D eigenvalue weighted by molar-refractivity contribution is 5.03. The first-order chi connectivity index (χ1) is 11.6. The van der Waals surface area contributed by atoms with E-state index in [0.717, 1.165) is 39.3 Å². The van der Waals surface area contributed by atoms with Gasteiger partial charge in [0, 0.05) is 38.9 Å². The maximum Gasteiger partial charge on any atom is 0.0543 e. The third-order valence-electron chi connectivity index (χ3n) is 4.87. The van der Waals surface area contributed by atoms with Crippen molar-refractivity contribution in [3.8, 4) is 0 Å². The Kier molecular flexibility index (Phi) is 8.67. The smallest absolute Gasteiger partial charge is 0.0543 e. The molecule has 1 aliphatic rings. The van der Waals surface area contributed by atoms with E-state index in [1.54, 1.807) is 0 Å². The van der Waals surface area contributed by atoms with E-state index in [-0.39, 0.29) is 0 Å². The fraction of sp³-hybridized carbons (Fsp3) is 0.737. The number of hydrogen-bond acceptors (Lipinski definition) is 5. The van der Waals surface area contributed by atoms with E-state index >= 15 is 0 Å². The fourth-order valence-electron chi connectivity index (χ4n) is 3.15. The summed E-state index contributed by atoms with van der Waals surface area (Å²) in [5, 5.41) is 0. The molecule has 0 atom stereocenters. The number of nitrogens with zero attached hydrogens (tertiary/aromatic N) is 5. The number of rotatable bonds is 2. The Balaban J connectivity index is 1.90.